The summed E-state index contributed by atoms with van der Waals surface area (Å²) in [5, 5.41) is 1.37. The molecule has 1 aromatic carbocycles. The van der Waals surface area contributed by atoms with Crippen LogP contribution in [0.3, 0.4) is 0 Å². The van der Waals surface area contributed by atoms with E-state index in [0.717, 1.165) is 6.54 Å². The number of nitrogens with two attached hydrogens (primary N) is 1. The van der Waals surface area contributed by atoms with Gasteiger partial charge in [0.1, 0.15) is 0 Å². The summed E-state index contributed by atoms with van der Waals surface area (Å²) in [6.07, 6.45) is 3.41. The molecule has 0 aliphatic heterocycles. The topological polar surface area (TPSA) is 41.8 Å². The zero-order chi connectivity index (χ0) is 9.54. The van der Waals surface area contributed by atoms with E-state index in [9.17, 15) is 0 Å². The van der Waals surface area contributed by atoms with Crippen molar-refractivity contribution in [2.75, 3.05) is 6.54 Å². The first-order valence-corrected chi connectivity index (χ1v) is 5.16. The van der Waals surface area contributed by atoms with Gasteiger partial charge in [-0.2, -0.15) is 0 Å². The Morgan fingerprint density at radius 1 is 1.36 bits per heavy atom. The van der Waals surface area contributed by atoms with Crippen molar-refractivity contribution in [2.45, 2.75) is 12.3 Å². The third-order valence-corrected chi connectivity index (χ3v) is 3.25. The van der Waals surface area contributed by atoms with Gasteiger partial charge in [0.15, 0.2) is 0 Å². The van der Waals surface area contributed by atoms with E-state index < -0.39 is 0 Å². The standard InChI is InChI=1S/C12H14N2/c13-6-8-5-10(8)11-7-14-12-4-2-1-3-9(11)12/h1-4,7-8,10,14H,5-6,13H2. The van der Waals surface area contributed by atoms with Gasteiger partial charge >= 0.3 is 0 Å². The lowest BCUT2D eigenvalue weighted by Gasteiger charge is -1.95. The van der Waals surface area contributed by atoms with E-state index >= 15 is 0 Å². The minimum atomic E-state index is 0.705. The molecule has 2 aromatic rings. The van der Waals surface area contributed by atoms with Crippen molar-refractivity contribution < 1.29 is 0 Å². The molecule has 1 aromatic heterocycles. The van der Waals surface area contributed by atoms with Crippen molar-refractivity contribution in [3.05, 3.63) is 36.0 Å². The molecule has 3 N–H and O–H groups in total. The molecule has 1 fully saturated rings. The van der Waals surface area contributed by atoms with Crippen molar-refractivity contribution in [3.63, 3.8) is 0 Å². The lowest BCUT2D eigenvalue weighted by molar-refractivity contribution is 0.812. The molecule has 1 saturated carbocycles. The summed E-state index contributed by atoms with van der Waals surface area (Å²) in [4.78, 5) is 3.31. The van der Waals surface area contributed by atoms with E-state index in [0.29, 0.717) is 11.8 Å². The Labute approximate surface area is 83.1 Å². The van der Waals surface area contributed by atoms with Gasteiger partial charge in [0.25, 0.3) is 0 Å². The SMILES string of the molecule is NCC1CC1c1c[nH]c2ccccc12. The number of H-pyrrole nitrogens is 1. The number of hydrogen-bond donors (Lipinski definition) is 2. The van der Waals surface area contributed by atoms with Crippen molar-refractivity contribution in [2.24, 2.45) is 11.7 Å². The molecular weight excluding hydrogens is 172 g/mol. The van der Waals surface area contributed by atoms with E-state index in [4.69, 9.17) is 5.73 Å². The highest BCUT2D eigenvalue weighted by molar-refractivity contribution is 5.84. The molecule has 2 nitrogen and oxygen atoms in total. The number of rotatable bonds is 2. The first-order valence-electron chi connectivity index (χ1n) is 5.16. The van der Waals surface area contributed by atoms with Gasteiger partial charge in [-0.15, -0.1) is 0 Å². The van der Waals surface area contributed by atoms with E-state index in [1.54, 1.807) is 0 Å². The van der Waals surface area contributed by atoms with Gasteiger partial charge in [0, 0.05) is 17.1 Å². The van der Waals surface area contributed by atoms with Gasteiger partial charge in [-0.1, -0.05) is 18.2 Å². The Morgan fingerprint density at radius 2 is 2.21 bits per heavy atom. The average molecular weight is 186 g/mol. The molecule has 1 aliphatic rings. The fourth-order valence-electron chi connectivity index (χ4n) is 2.29. The Hall–Kier alpha value is -1.28. The second-order valence-corrected chi connectivity index (χ2v) is 4.13. The first kappa shape index (κ1) is 8.06. The van der Waals surface area contributed by atoms with Crippen molar-refractivity contribution in [1.82, 2.24) is 4.98 Å². The first-order chi connectivity index (χ1) is 6.90. The molecule has 0 saturated heterocycles. The lowest BCUT2D eigenvalue weighted by Crippen LogP contribution is -2.01. The van der Waals surface area contributed by atoms with E-state index in [2.05, 4.69) is 35.4 Å². The number of fused-ring (bicyclic) bond motifs is 1. The molecule has 14 heavy (non-hydrogen) atoms. The molecule has 0 bridgehead atoms. The van der Waals surface area contributed by atoms with Crippen LogP contribution in [0.15, 0.2) is 30.5 Å². The molecule has 0 amide bonds. The smallest absolute Gasteiger partial charge is 0.0456 e. The second-order valence-electron chi connectivity index (χ2n) is 4.13. The van der Waals surface area contributed by atoms with Crippen LogP contribution in [0, 0.1) is 5.92 Å². The van der Waals surface area contributed by atoms with Gasteiger partial charge < -0.3 is 10.7 Å². The van der Waals surface area contributed by atoms with Crippen LogP contribution >= 0.6 is 0 Å². The van der Waals surface area contributed by atoms with Gasteiger partial charge in [0.2, 0.25) is 0 Å². The predicted molar refractivity (Wildman–Crippen MR) is 58.2 cm³/mol. The van der Waals surface area contributed by atoms with Crippen molar-refractivity contribution in [3.8, 4) is 0 Å². The third kappa shape index (κ3) is 1.07. The summed E-state index contributed by atoms with van der Waals surface area (Å²) in [5.74, 6) is 1.42. The Balaban J connectivity index is 2.06. The molecule has 1 heterocycles. The Kier molecular flexibility index (Phi) is 1.64. The van der Waals surface area contributed by atoms with Gasteiger partial charge in [-0.25, -0.2) is 0 Å². The monoisotopic (exact) mass is 186 g/mol. The molecule has 1 aliphatic carbocycles. The maximum Gasteiger partial charge on any atom is 0.0456 e. The van der Waals surface area contributed by atoms with Crippen LogP contribution in [0.5, 0.6) is 0 Å². The highest BCUT2D eigenvalue weighted by atomic mass is 14.7. The molecule has 2 heteroatoms. The molecule has 0 radical (unpaired) electrons. The number of aromatic nitrogens is 1. The third-order valence-electron chi connectivity index (χ3n) is 3.25. The quantitative estimate of drug-likeness (QED) is 0.742. The minimum Gasteiger partial charge on any atom is -0.361 e. The summed E-state index contributed by atoms with van der Waals surface area (Å²) >= 11 is 0. The number of benzene rings is 1. The minimum absolute atomic E-state index is 0.705. The summed E-state index contributed by atoms with van der Waals surface area (Å²) in [5.41, 5.74) is 8.36. The van der Waals surface area contributed by atoms with Gasteiger partial charge in [-0.3, -0.25) is 0 Å². The maximum absolute atomic E-state index is 5.66. The number of nitrogens with one attached hydrogen (secondary N) is 1. The predicted octanol–water partition coefficient (Wildman–Crippen LogP) is 2.23. The van der Waals surface area contributed by atoms with Crippen LogP contribution in [0.1, 0.15) is 17.9 Å². The van der Waals surface area contributed by atoms with E-state index in [-0.39, 0.29) is 0 Å². The average Bonchev–Trinajstić information content (AvgIpc) is 2.90. The molecular formula is C12H14N2. The summed E-state index contributed by atoms with van der Waals surface area (Å²) in [7, 11) is 0. The molecule has 72 valence electrons. The van der Waals surface area contributed by atoms with Crippen LogP contribution in [0.4, 0.5) is 0 Å². The number of para-hydroxylation sites is 1. The van der Waals surface area contributed by atoms with Crippen molar-refractivity contribution >= 4 is 10.9 Å². The number of hydrogen-bond acceptors (Lipinski definition) is 1. The van der Waals surface area contributed by atoms with Crippen LogP contribution < -0.4 is 5.73 Å². The maximum atomic E-state index is 5.66. The summed E-state index contributed by atoms with van der Waals surface area (Å²) in [6, 6.07) is 8.47. The van der Waals surface area contributed by atoms with Crippen LogP contribution in [-0.2, 0) is 0 Å². The summed E-state index contributed by atoms with van der Waals surface area (Å²) in [6.45, 7) is 0.824. The highest BCUT2D eigenvalue weighted by Crippen LogP contribution is 2.48. The van der Waals surface area contributed by atoms with Crippen molar-refractivity contribution in [1.29, 1.82) is 0 Å². The fourth-order valence-corrected chi connectivity index (χ4v) is 2.29. The zero-order valence-electron chi connectivity index (χ0n) is 8.03. The Morgan fingerprint density at radius 3 is 3.00 bits per heavy atom. The van der Waals surface area contributed by atoms with Gasteiger partial charge in [0.05, 0.1) is 0 Å². The number of aromatic amines is 1. The fraction of sp³-hybridized carbons (Fsp3) is 0.333. The molecule has 0 spiro atoms. The lowest BCUT2D eigenvalue weighted by atomic mass is 10.1. The van der Waals surface area contributed by atoms with Crippen LogP contribution in [0.25, 0.3) is 10.9 Å². The zero-order valence-corrected chi connectivity index (χ0v) is 8.03. The van der Waals surface area contributed by atoms with E-state index in [1.165, 1.54) is 22.9 Å². The normalized spacial score (nSPS) is 25.5. The molecule has 3 rings (SSSR count). The molecule has 2 atom stereocenters. The van der Waals surface area contributed by atoms with E-state index in [1.807, 2.05) is 0 Å². The summed E-state index contributed by atoms with van der Waals surface area (Å²) < 4.78 is 0. The van der Waals surface area contributed by atoms with Crippen LogP contribution in [-0.4, -0.2) is 11.5 Å². The van der Waals surface area contributed by atoms with Crippen LogP contribution in [0.2, 0.25) is 0 Å². The van der Waals surface area contributed by atoms with Gasteiger partial charge in [-0.05, 0) is 36.4 Å². The Bertz CT molecular complexity index is 458. The largest absolute Gasteiger partial charge is 0.361 e. The molecule has 2 unspecified atom stereocenters. The second kappa shape index (κ2) is 2.85. The highest BCUT2D eigenvalue weighted by Gasteiger charge is 2.38.